The summed E-state index contributed by atoms with van der Waals surface area (Å²) >= 11 is 12.2. The Morgan fingerprint density at radius 1 is 1.00 bits per heavy atom. The van der Waals surface area contributed by atoms with Gasteiger partial charge < -0.3 is 10.2 Å². The van der Waals surface area contributed by atoms with Gasteiger partial charge >= 0.3 is 0 Å². The van der Waals surface area contributed by atoms with Gasteiger partial charge in [0.2, 0.25) is 11.8 Å². The fourth-order valence-electron chi connectivity index (χ4n) is 3.86. The van der Waals surface area contributed by atoms with Crippen LogP contribution in [0.1, 0.15) is 50.2 Å². The van der Waals surface area contributed by atoms with Crippen LogP contribution in [-0.2, 0) is 22.6 Å². The Balaban J connectivity index is 1.76. The van der Waals surface area contributed by atoms with Crippen LogP contribution >= 0.6 is 23.2 Å². The molecule has 3 rings (SSSR count). The van der Waals surface area contributed by atoms with Crippen molar-refractivity contribution in [2.75, 3.05) is 0 Å². The maximum atomic E-state index is 13.2. The predicted molar refractivity (Wildman–Crippen MR) is 122 cm³/mol. The minimum Gasteiger partial charge on any atom is -0.352 e. The van der Waals surface area contributed by atoms with Gasteiger partial charge in [0.15, 0.2) is 0 Å². The first-order valence-corrected chi connectivity index (χ1v) is 11.3. The van der Waals surface area contributed by atoms with Crippen molar-refractivity contribution in [1.82, 2.24) is 10.2 Å². The Labute approximate surface area is 188 Å². The lowest BCUT2D eigenvalue weighted by atomic mass is 9.95. The number of carbonyl (C=O) groups excluding carboxylic acids is 2. The molecule has 1 saturated carbocycles. The van der Waals surface area contributed by atoms with Gasteiger partial charge in [0.05, 0.1) is 16.5 Å². The summed E-state index contributed by atoms with van der Waals surface area (Å²) in [7, 11) is 0. The topological polar surface area (TPSA) is 49.4 Å². The number of carbonyl (C=O) groups is 2. The second-order valence-electron chi connectivity index (χ2n) is 7.95. The lowest BCUT2D eigenvalue weighted by molar-refractivity contribution is -0.140. The largest absolute Gasteiger partial charge is 0.352 e. The average Bonchev–Trinajstić information content (AvgIpc) is 2.75. The van der Waals surface area contributed by atoms with Gasteiger partial charge in [0, 0.05) is 12.6 Å². The second-order valence-corrected chi connectivity index (χ2v) is 8.77. The summed E-state index contributed by atoms with van der Waals surface area (Å²) in [5.74, 6) is -0.207. The molecule has 1 N–H and O–H groups in total. The van der Waals surface area contributed by atoms with Crippen LogP contribution in [0.2, 0.25) is 10.0 Å². The Bertz CT molecular complexity index is 867. The molecule has 6 heteroatoms. The summed E-state index contributed by atoms with van der Waals surface area (Å²) in [6.45, 7) is 2.08. The SMILES string of the molecule is C[C@@H](C(=O)NC1CCCCC1)N(Cc1ccc(Cl)c(Cl)c1)C(=O)Cc1ccccc1. The summed E-state index contributed by atoms with van der Waals surface area (Å²) in [6.07, 6.45) is 5.75. The zero-order valence-corrected chi connectivity index (χ0v) is 18.8. The van der Waals surface area contributed by atoms with E-state index in [0.717, 1.165) is 36.8 Å². The smallest absolute Gasteiger partial charge is 0.242 e. The summed E-state index contributed by atoms with van der Waals surface area (Å²) < 4.78 is 0. The van der Waals surface area contributed by atoms with Crippen molar-refractivity contribution in [2.24, 2.45) is 0 Å². The molecule has 30 heavy (non-hydrogen) atoms. The molecule has 160 valence electrons. The van der Waals surface area contributed by atoms with Crippen molar-refractivity contribution in [2.45, 2.75) is 64.1 Å². The lowest BCUT2D eigenvalue weighted by Crippen LogP contribution is -2.50. The van der Waals surface area contributed by atoms with Gasteiger partial charge in [0.25, 0.3) is 0 Å². The molecule has 0 spiro atoms. The Hall–Kier alpha value is -2.04. The molecular weight excluding hydrogens is 419 g/mol. The summed E-state index contributed by atoms with van der Waals surface area (Å²) in [5, 5.41) is 4.04. The van der Waals surface area contributed by atoms with Crippen molar-refractivity contribution in [3.8, 4) is 0 Å². The van der Waals surface area contributed by atoms with E-state index in [0.29, 0.717) is 16.6 Å². The van der Waals surface area contributed by atoms with Crippen LogP contribution in [0.3, 0.4) is 0 Å². The molecule has 2 aromatic rings. The standard InChI is InChI=1S/C24H28Cl2N2O2/c1-17(24(30)27-20-10-6-3-7-11-20)28(16-19-12-13-21(25)22(26)14-19)23(29)15-18-8-4-2-5-9-18/h2,4-5,8-9,12-14,17,20H,3,6-7,10-11,15-16H2,1H3,(H,27,30)/t17-/m0/s1. The van der Waals surface area contributed by atoms with Crippen LogP contribution in [-0.4, -0.2) is 28.8 Å². The fraction of sp³-hybridized carbons (Fsp3) is 0.417. The Kier molecular flexibility index (Phi) is 8.17. The molecule has 0 saturated heterocycles. The molecule has 1 aliphatic carbocycles. The van der Waals surface area contributed by atoms with Gasteiger partial charge in [-0.3, -0.25) is 9.59 Å². The minimum atomic E-state index is -0.586. The van der Waals surface area contributed by atoms with Crippen molar-refractivity contribution >= 4 is 35.0 Å². The highest BCUT2D eigenvalue weighted by molar-refractivity contribution is 6.42. The first kappa shape index (κ1) is 22.6. The highest BCUT2D eigenvalue weighted by Gasteiger charge is 2.28. The van der Waals surface area contributed by atoms with Crippen molar-refractivity contribution in [3.63, 3.8) is 0 Å². The van der Waals surface area contributed by atoms with Gasteiger partial charge in [0.1, 0.15) is 6.04 Å². The Morgan fingerprint density at radius 3 is 2.37 bits per heavy atom. The van der Waals surface area contributed by atoms with Gasteiger partial charge in [-0.1, -0.05) is 78.9 Å². The number of amides is 2. The molecular formula is C24H28Cl2N2O2. The van der Waals surface area contributed by atoms with E-state index in [9.17, 15) is 9.59 Å². The van der Waals surface area contributed by atoms with Crippen LogP contribution in [0.25, 0.3) is 0 Å². The number of halogens is 2. The maximum absolute atomic E-state index is 13.2. The van der Waals surface area contributed by atoms with E-state index in [2.05, 4.69) is 5.32 Å². The van der Waals surface area contributed by atoms with Crippen LogP contribution < -0.4 is 5.32 Å². The molecule has 1 aliphatic rings. The van der Waals surface area contributed by atoms with Crippen molar-refractivity contribution in [1.29, 1.82) is 0 Å². The number of nitrogens with zero attached hydrogens (tertiary/aromatic N) is 1. The molecule has 2 amide bonds. The summed E-state index contributed by atoms with van der Waals surface area (Å²) in [5.41, 5.74) is 1.75. The predicted octanol–water partition coefficient (Wildman–Crippen LogP) is 5.40. The quantitative estimate of drug-likeness (QED) is 0.618. The highest BCUT2D eigenvalue weighted by atomic mass is 35.5. The van der Waals surface area contributed by atoms with Gasteiger partial charge in [-0.15, -0.1) is 0 Å². The molecule has 0 aromatic heterocycles. The molecule has 1 fully saturated rings. The van der Waals surface area contributed by atoms with E-state index < -0.39 is 6.04 Å². The molecule has 0 heterocycles. The van der Waals surface area contributed by atoms with Crippen molar-refractivity contribution < 1.29 is 9.59 Å². The zero-order chi connectivity index (χ0) is 21.5. The first-order valence-electron chi connectivity index (χ1n) is 10.5. The summed E-state index contributed by atoms with van der Waals surface area (Å²) in [6, 6.07) is 14.5. The number of benzene rings is 2. The van der Waals surface area contributed by atoms with Crippen LogP contribution in [0.5, 0.6) is 0 Å². The van der Waals surface area contributed by atoms with E-state index >= 15 is 0 Å². The molecule has 2 aromatic carbocycles. The lowest BCUT2D eigenvalue weighted by Gasteiger charge is -2.31. The third-order valence-corrected chi connectivity index (χ3v) is 6.39. The molecule has 0 aliphatic heterocycles. The van der Waals surface area contributed by atoms with E-state index in [1.165, 1.54) is 6.42 Å². The zero-order valence-electron chi connectivity index (χ0n) is 17.2. The highest BCUT2D eigenvalue weighted by Crippen LogP contribution is 2.24. The minimum absolute atomic E-state index is 0.0985. The van der Waals surface area contributed by atoms with Crippen LogP contribution in [0.4, 0.5) is 0 Å². The van der Waals surface area contributed by atoms with E-state index in [1.54, 1.807) is 24.0 Å². The number of rotatable bonds is 7. The summed E-state index contributed by atoms with van der Waals surface area (Å²) in [4.78, 5) is 27.8. The van der Waals surface area contributed by atoms with E-state index in [1.807, 2.05) is 36.4 Å². The number of nitrogens with one attached hydrogen (secondary N) is 1. The van der Waals surface area contributed by atoms with Gasteiger partial charge in [-0.05, 0) is 43.0 Å². The number of hydrogen-bond acceptors (Lipinski definition) is 2. The van der Waals surface area contributed by atoms with Gasteiger partial charge in [-0.25, -0.2) is 0 Å². The maximum Gasteiger partial charge on any atom is 0.242 e. The van der Waals surface area contributed by atoms with E-state index in [4.69, 9.17) is 23.2 Å². The second kappa shape index (κ2) is 10.8. The van der Waals surface area contributed by atoms with Crippen molar-refractivity contribution in [3.05, 3.63) is 69.7 Å². The van der Waals surface area contributed by atoms with Crippen LogP contribution in [0, 0.1) is 0 Å². The van der Waals surface area contributed by atoms with Gasteiger partial charge in [-0.2, -0.15) is 0 Å². The molecule has 0 radical (unpaired) electrons. The monoisotopic (exact) mass is 446 g/mol. The Morgan fingerprint density at radius 2 is 1.70 bits per heavy atom. The third-order valence-electron chi connectivity index (χ3n) is 5.65. The average molecular weight is 447 g/mol. The number of hydrogen-bond donors (Lipinski definition) is 1. The fourth-order valence-corrected chi connectivity index (χ4v) is 4.18. The first-order chi connectivity index (χ1) is 14.4. The van der Waals surface area contributed by atoms with Crippen LogP contribution in [0.15, 0.2) is 48.5 Å². The molecule has 4 nitrogen and oxygen atoms in total. The normalized spacial score (nSPS) is 15.4. The molecule has 0 unspecified atom stereocenters. The molecule has 0 bridgehead atoms. The molecule has 1 atom stereocenters. The van der Waals surface area contributed by atoms with E-state index in [-0.39, 0.29) is 24.3 Å². The third kappa shape index (κ3) is 6.23.